The molecule has 0 unspecified atom stereocenters. The fourth-order valence-electron chi connectivity index (χ4n) is 9.42. The van der Waals surface area contributed by atoms with Crippen molar-refractivity contribution in [2.24, 2.45) is 0 Å². The monoisotopic (exact) mass is 779 g/mol. The van der Waals surface area contributed by atoms with Gasteiger partial charge in [-0.05, 0) is 70.4 Å². The van der Waals surface area contributed by atoms with Gasteiger partial charge in [0.15, 0.2) is 11.6 Å². The van der Waals surface area contributed by atoms with Crippen LogP contribution in [-0.2, 0) is 0 Å². The molecular formula is C55H33N5O. The molecule has 0 aliphatic heterocycles. The summed E-state index contributed by atoms with van der Waals surface area (Å²) in [5.74, 6) is 1.66. The molecule has 0 N–H and O–H groups in total. The summed E-state index contributed by atoms with van der Waals surface area (Å²) in [6.45, 7) is 0. The highest BCUT2D eigenvalue weighted by Crippen LogP contribution is 2.44. The van der Waals surface area contributed by atoms with Gasteiger partial charge in [0.25, 0.3) is 0 Å². The largest absolute Gasteiger partial charge is 0.456 e. The minimum atomic E-state index is 0.536. The molecule has 0 saturated carbocycles. The predicted octanol–water partition coefficient (Wildman–Crippen LogP) is 14.1. The number of fused-ring (bicyclic) bond motifs is 10. The Labute approximate surface area is 349 Å². The molecule has 0 fully saturated rings. The van der Waals surface area contributed by atoms with Crippen LogP contribution in [0, 0.1) is 0 Å². The van der Waals surface area contributed by atoms with Gasteiger partial charge in [-0.15, -0.1) is 0 Å². The van der Waals surface area contributed by atoms with E-state index >= 15 is 0 Å². The van der Waals surface area contributed by atoms with Crippen LogP contribution < -0.4 is 0 Å². The van der Waals surface area contributed by atoms with Gasteiger partial charge in [0.05, 0.1) is 33.3 Å². The van der Waals surface area contributed by atoms with E-state index in [1.807, 2.05) is 18.2 Å². The minimum Gasteiger partial charge on any atom is -0.456 e. The molecule has 13 aromatic rings. The number of para-hydroxylation sites is 4. The lowest BCUT2D eigenvalue weighted by molar-refractivity contribution is 0.669. The SMILES string of the molecule is c1ccc(-c2ccc(-c3nc(-c4c(-n5c6ccccc6c6cc7ccccc7cc65)ccc5oc6ccccc6c45)nc(-n4c5ccccc5c5ccccc54)n3)cc2)cc1. The van der Waals surface area contributed by atoms with Crippen molar-refractivity contribution in [2.45, 2.75) is 0 Å². The van der Waals surface area contributed by atoms with Crippen molar-refractivity contribution in [3.05, 3.63) is 200 Å². The lowest BCUT2D eigenvalue weighted by Crippen LogP contribution is -2.08. The zero-order chi connectivity index (χ0) is 40.0. The van der Waals surface area contributed by atoms with Gasteiger partial charge in [0, 0.05) is 37.9 Å². The summed E-state index contributed by atoms with van der Waals surface area (Å²) < 4.78 is 11.2. The maximum Gasteiger partial charge on any atom is 0.238 e. The highest BCUT2D eigenvalue weighted by atomic mass is 16.3. The van der Waals surface area contributed by atoms with Crippen LogP contribution in [0.25, 0.3) is 122 Å². The third-order valence-electron chi connectivity index (χ3n) is 12.2. The van der Waals surface area contributed by atoms with E-state index in [1.165, 1.54) is 21.5 Å². The molecule has 6 nitrogen and oxygen atoms in total. The lowest BCUT2D eigenvalue weighted by Gasteiger charge is -2.16. The van der Waals surface area contributed by atoms with Gasteiger partial charge in [-0.2, -0.15) is 9.97 Å². The zero-order valence-electron chi connectivity index (χ0n) is 32.7. The molecule has 0 saturated heterocycles. The molecule has 6 heteroatoms. The Balaban J connectivity index is 1.16. The van der Waals surface area contributed by atoms with Gasteiger partial charge in [-0.1, -0.05) is 152 Å². The Morgan fingerprint density at radius 1 is 0.344 bits per heavy atom. The summed E-state index contributed by atoms with van der Waals surface area (Å²) in [5.41, 5.74) is 10.8. The van der Waals surface area contributed by atoms with Crippen molar-refractivity contribution >= 4 is 76.3 Å². The van der Waals surface area contributed by atoms with Gasteiger partial charge < -0.3 is 8.98 Å². The van der Waals surface area contributed by atoms with Gasteiger partial charge in [0.1, 0.15) is 11.2 Å². The van der Waals surface area contributed by atoms with Crippen molar-refractivity contribution in [3.8, 4) is 45.5 Å². The average molecular weight is 780 g/mol. The standard InChI is InChI=1S/C55H33N5O/c1-2-14-34(15-3-1)35-26-28-36(29-27-35)53-56-54(58-55(57-53)60-45-23-11-6-18-39(45)40-19-7-12-24-46(40)60)52-47(30-31-50-51(52)42-21-9-13-25-49(42)61-50)59-44-22-10-8-20-41(44)43-32-37-16-4-5-17-38(37)33-48(43)59/h1-33H. The molecule has 0 aliphatic carbocycles. The summed E-state index contributed by atoms with van der Waals surface area (Å²) in [6.07, 6.45) is 0. The second kappa shape index (κ2) is 13.1. The topological polar surface area (TPSA) is 61.7 Å². The molecule has 0 atom stereocenters. The van der Waals surface area contributed by atoms with E-state index in [4.69, 9.17) is 19.4 Å². The van der Waals surface area contributed by atoms with Crippen molar-refractivity contribution < 1.29 is 4.42 Å². The summed E-state index contributed by atoms with van der Waals surface area (Å²) >= 11 is 0. The van der Waals surface area contributed by atoms with Gasteiger partial charge >= 0.3 is 0 Å². The highest BCUT2D eigenvalue weighted by molar-refractivity contribution is 6.17. The van der Waals surface area contributed by atoms with E-state index in [0.29, 0.717) is 17.6 Å². The molecule has 4 heterocycles. The molecule has 284 valence electrons. The van der Waals surface area contributed by atoms with Crippen molar-refractivity contribution in [1.82, 2.24) is 24.1 Å². The number of rotatable bonds is 5. The molecule has 0 spiro atoms. The molecule has 13 rings (SSSR count). The summed E-state index contributed by atoms with van der Waals surface area (Å²) in [5, 5.41) is 8.93. The second-order valence-corrected chi connectivity index (χ2v) is 15.6. The van der Waals surface area contributed by atoms with Gasteiger partial charge in [-0.25, -0.2) is 4.98 Å². The number of benzene rings is 9. The van der Waals surface area contributed by atoms with Gasteiger partial charge in [-0.3, -0.25) is 4.57 Å². The van der Waals surface area contributed by atoms with Crippen molar-refractivity contribution in [2.75, 3.05) is 0 Å². The minimum absolute atomic E-state index is 0.536. The average Bonchev–Trinajstić information content (AvgIpc) is 3.98. The summed E-state index contributed by atoms with van der Waals surface area (Å²) in [7, 11) is 0. The molecule has 4 aromatic heterocycles. The first-order valence-electron chi connectivity index (χ1n) is 20.5. The molecular weight excluding hydrogens is 747 g/mol. The quantitative estimate of drug-likeness (QED) is 0.175. The molecule has 0 bridgehead atoms. The summed E-state index contributed by atoms with van der Waals surface area (Å²) in [4.78, 5) is 16.4. The highest BCUT2D eigenvalue weighted by Gasteiger charge is 2.25. The molecule has 0 amide bonds. The number of hydrogen-bond acceptors (Lipinski definition) is 4. The smallest absolute Gasteiger partial charge is 0.238 e. The van der Waals surface area contributed by atoms with Gasteiger partial charge in [0.2, 0.25) is 5.95 Å². The Kier molecular flexibility index (Phi) is 7.21. The Hall–Kier alpha value is -8.35. The lowest BCUT2D eigenvalue weighted by atomic mass is 10.0. The van der Waals surface area contributed by atoms with E-state index in [0.717, 1.165) is 82.7 Å². The fourth-order valence-corrected chi connectivity index (χ4v) is 9.42. The second-order valence-electron chi connectivity index (χ2n) is 15.6. The first kappa shape index (κ1) is 33.6. The van der Waals surface area contributed by atoms with E-state index in [9.17, 15) is 0 Å². The third kappa shape index (κ3) is 5.12. The van der Waals surface area contributed by atoms with Crippen LogP contribution in [0.15, 0.2) is 205 Å². The maximum absolute atomic E-state index is 6.62. The van der Waals surface area contributed by atoms with Crippen LogP contribution in [0.2, 0.25) is 0 Å². The van der Waals surface area contributed by atoms with E-state index < -0.39 is 0 Å². The predicted molar refractivity (Wildman–Crippen MR) is 250 cm³/mol. The van der Waals surface area contributed by atoms with Crippen LogP contribution in [-0.4, -0.2) is 24.1 Å². The number of hydrogen-bond donors (Lipinski definition) is 0. The van der Waals surface area contributed by atoms with Crippen LogP contribution in [0.3, 0.4) is 0 Å². The van der Waals surface area contributed by atoms with Crippen LogP contribution in [0.4, 0.5) is 0 Å². The molecule has 9 aromatic carbocycles. The van der Waals surface area contributed by atoms with Crippen LogP contribution in [0.5, 0.6) is 0 Å². The maximum atomic E-state index is 6.62. The molecule has 0 radical (unpaired) electrons. The van der Waals surface area contributed by atoms with E-state index in [-0.39, 0.29) is 0 Å². The van der Waals surface area contributed by atoms with Crippen molar-refractivity contribution in [3.63, 3.8) is 0 Å². The zero-order valence-corrected chi connectivity index (χ0v) is 32.7. The number of furan rings is 1. The third-order valence-corrected chi connectivity index (χ3v) is 12.2. The fraction of sp³-hybridized carbons (Fsp3) is 0. The first-order chi connectivity index (χ1) is 30.2. The van der Waals surface area contributed by atoms with E-state index in [2.05, 4.69) is 191 Å². The number of nitrogens with zero attached hydrogens (tertiary/aromatic N) is 5. The molecule has 61 heavy (non-hydrogen) atoms. The Bertz CT molecular complexity index is 3820. The van der Waals surface area contributed by atoms with Crippen LogP contribution in [0.1, 0.15) is 0 Å². The van der Waals surface area contributed by atoms with Crippen molar-refractivity contribution in [1.29, 1.82) is 0 Å². The molecule has 0 aliphatic rings. The Morgan fingerprint density at radius 3 is 1.61 bits per heavy atom. The normalized spacial score (nSPS) is 11.9. The first-order valence-corrected chi connectivity index (χ1v) is 20.5. The van der Waals surface area contributed by atoms with Crippen LogP contribution >= 0.6 is 0 Å². The summed E-state index contributed by atoms with van der Waals surface area (Å²) in [6, 6.07) is 70.3. The number of aromatic nitrogens is 5. The Morgan fingerprint density at radius 2 is 0.885 bits per heavy atom. The van der Waals surface area contributed by atoms with E-state index in [1.54, 1.807) is 0 Å².